The first kappa shape index (κ1) is 15.3. The van der Waals surface area contributed by atoms with E-state index in [-0.39, 0.29) is 0 Å². The lowest BCUT2D eigenvalue weighted by atomic mass is 10.2. The van der Waals surface area contributed by atoms with Gasteiger partial charge in [-0.3, -0.25) is 0 Å². The number of rotatable bonds is 4. The fourth-order valence-corrected chi connectivity index (χ4v) is 2.57. The Labute approximate surface area is 136 Å². The summed E-state index contributed by atoms with van der Waals surface area (Å²) >= 11 is 0. The minimum absolute atomic E-state index is 0.550. The molecule has 3 heterocycles. The fourth-order valence-electron chi connectivity index (χ4n) is 2.57. The van der Waals surface area contributed by atoms with Crippen molar-refractivity contribution < 1.29 is 0 Å². The number of anilines is 2. The van der Waals surface area contributed by atoms with Gasteiger partial charge in [0, 0.05) is 45.1 Å². The van der Waals surface area contributed by atoms with Crippen molar-refractivity contribution in [3.63, 3.8) is 0 Å². The molecule has 6 nitrogen and oxygen atoms in total. The van der Waals surface area contributed by atoms with Gasteiger partial charge in [-0.25, -0.2) is 9.97 Å². The van der Waals surface area contributed by atoms with E-state index in [0.29, 0.717) is 17.9 Å². The number of nitrogens with one attached hydrogen (secondary N) is 1. The predicted molar refractivity (Wildman–Crippen MR) is 90.2 cm³/mol. The van der Waals surface area contributed by atoms with E-state index in [1.807, 2.05) is 6.20 Å². The molecule has 3 rings (SSSR count). The van der Waals surface area contributed by atoms with Crippen LogP contribution in [0.2, 0.25) is 0 Å². The van der Waals surface area contributed by atoms with Gasteiger partial charge in [0.2, 0.25) is 0 Å². The summed E-state index contributed by atoms with van der Waals surface area (Å²) in [7, 11) is 2.15. The van der Waals surface area contributed by atoms with Crippen LogP contribution in [0.15, 0.2) is 36.7 Å². The monoisotopic (exact) mass is 308 g/mol. The molecular formula is C17H20N6. The maximum atomic E-state index is 9.06. The highest BCUT2D eigenvalue weighted by Crippen LogP contribution is 2.15. The largest absolute Gasteiger partial charge is 0.365 e. The van der Waals surface area contributed by atoms with Crippen molar-refractivity contribution in [2.45, 2.75) is 6.54 Å². The second-order valence-electron chi connectivity index (χ2n) is 5.68. The number of likely N-dealkylation sites (N-methyl/N-ethyl adjacent to an activating group) is 1. The van der Waals surface area contributed by atoms with Crippen molar-refractivity contribution in [1.29, 1.82) is 5.26 Å². The molecule has 23 heavy (non-hydrogen) atoms. The molecule has 2 aromatic heterocycles. The Hall–Kier alpha value is -2.65. The number of piperazine rings is 1. The number of aromatic nitrogens is 2. The van der Waals surface area contributed by atoms with E-state index < -0.39 is 0 Å². The average Bonchev–Trinajstić information content (AvgIpc) is 2.61. The number of hydrogen-bond donors (Lipinski definition) is 1. The molecule has 0 unspecified atom stereocenters. The van der Waals surface area contributed by atoms with Gasteiger partial charge in [0.05, 0.1) is 5.56 Å². The second-order valence-corrected chi connectivity index (χ2v) is 5.68. The van der Waals surface area contributed by atoms with E-state index in [4.69, 9.17) is 5.26 Å². The van der Waals surface area contributed by atoms with E-state index in [9.17, 15) is 0 Å². The number of nitrogens with zero attached hydrogens (tertiary/aromatic N) is 5. The summed E-state index contributed by atoms with van der Waals surface area (Å²) in [4.78, 5) is 13.4. The van der Waals surface area contributed by atoms with E-state index in [1.54, 1.807) is 18.3 Å². The van der Waals surface area contributed by atoms with E-state index >= 15 is 0 Å². The van der Waals surface area contributed by atoms with Crippen molar-refractivity contribution in [2.24, 2.45) is 0 Å². The molecule has 2 aromatic rings. The summed E-state index contributed by atoms with van der Waals surface area (Å²) in [6.07, 6.45) is 3.56. The lowest BCUT2D eigenvalue weighted by Gasteiger charge is -2.33. The molecular weight excluding hydrogens is 288 g/mol. The second kappa shape index (κ2) is 7.07. The Bertz CT molecular complexity index is 683. The van der Waals surface area contributed by atoms with Crippen molar-refractivity contribution in [2.75, 3.05) is 43.4 Å². The Morgan fingerprint density at radius 2 is 2.00 bits per heavy atom. The van der Waals surface area contributed by atoms with Crippen LogP contribution in [-0.2, 0) is 6.54 Å². The molecule has 0 amide bonds. The first-order valence-electron chi connectivity index (χ1n) is 7.73. The van der Waals surface area contributed by atoms with Gasteiger partial charge >= 0.3 is 0 Å². The molecule has 1 N–H and O–H groups in total. The van der Waals surface area contributed by atoms with Crippen LogP contribution in [0.5, 0.6) is 0 Å². The maximum absolute atomic E-state index is 9.06. The summed E-state index contributed by atoms with van der Waals surface area (Å²) in [6, 6.07) is 9.78. The highest BCUT2D eigenvalue weighted by Gasteiger charge is 2.14. The predicted octanol–water partition coefficient (Wildman–Crippen LogP) is 1.71. The summed E-state index contributed by atoms with van der Waals surface area (Å²) < 4.78 is 0. The maximum Gasteiger partial charge on any atom is 0.144 e. The summed E-state index contributed by atoms with van der Waals surface area (Å²) in [5.74, 6) is 1.63. The molecule has 0 saturated carbocycles. The third kappa shape index (κ3) is 3.76. The van der Waals surface area contributed by atoms with Gasteiger partial charge in [-0.05, 0) is 30.8 Å². The van der Waals surface area contributed by atoms with Crippen LogP contribution in [0.3, 0.4) is 0 Å². The van der Waals surface area contributed by atoms with E-state index in [0.717, 1.165) is 37.6 Å². The zero-order valence-corrected chi connectivity index (χ0v) is 13.2. The third-order valence-electron chi connectivity index (χ3n) is 4.02. The van der Waals surface area contributed by atoms with Crippen molar-refractivity contribution in [1.82, 2.24) is 14.9 Å². The van der Waals surface area contributed by atoms with Crippen LogP contribution < -0.4 is 10.2 Å². The minimum Gasteiger partial charge on any atom is -0.365 e. The van der Waals surface area contributed by atoms with Crippen molar-refractivity contribution in [3.05, 3.63) is 47.8 Å². The first-order valence-corrected chi connectivity index (χ1v) is 7.73. The van der Waals surface area contributed by atoms with Crippen LogP contribution in [-0.4, -0.2) is 48.1 Å². The molecule has 0 atom stereocenters. The molecule has 1 aliphatic rings. The van der Waals surface area contributed by atoms with E-state index in [2.05, 4.69) is 50.3 Å². The minimum atomic E-state index is 0.550. The van der Waals surface area contributed by atoms with Crippen LogP contribution >= 0.6 is 0 Å². The normalized spacial score (nSPS) is 15.2. The highest BCUT2D eigenvalue weighted by atomic mass is 15.3. The van der Waals surface area contributed by atoms with Crippen LogP contribution in [0.1, 0.15) is 11.1 Å². The lowest BCUT2D eigenvalue weighted by molar-refractivity contribution is 0.312. The molecule has 1 saturated heterocycles. The summed E-state index contributed by atoms with van der Waals surface area (Å²) in [5.41, 5.74) is 1.62. The topological polar surface area (TPSA) is 68.1 Å². The van der Waals surface area contributed by atoms with E-state index in [1.165, 1.54) is 0 Å². The smallest absolute Gasteiger partial charge is 0.144 e. The fraction of sp³-hybridized carbons (Fsp3) is 0.353. The Morgan fingerprint density at radius 1 is 1.17 bits per heavy atom. The van der Waals surface area contributed by atoms with Gasteiger partial charge in [-0.15, -0.1) is 0 Å². The van der Waals surface area contributed by atoms with Gasteiger partial charge in [0.25, 0.3) is 0 Å². The molecule has 1 aliphatic heterocycles. The Balaban J connectivity index is 1.61. The van der Waals surface area contributed by atoms with Crippen LogP contribution in [0.4, 0.5) is 11.6 Å². The molecule has 6 heteroatoms. The molecule has 0 aromatic carbocycles. The average molecular weight is 308 g/mol. The van der Waals surface area contributed by atoms with Crippen LogP contribution in [0.25, 0.3) is 0 Å². The Kier molecular flexibility index (Phi) is 4.69. The zero-order chi connectivity index (χ0) is 16.1. The molecule has 0 bridgehead atoms. The molecule has 0 radical (unpaired) electrons. The number of hydrogen-bond acceptors (Lipinski definition) is 6. The van der Waals surface area contributed by atoms with Gasteiger partial charge in [0.1, 0.15) is 17.7 Å². The first-order chi connectivity index (χ1) is 11.3. The van der Waals surface area contributed by atoms with Crippen molar-refractivity contribution in [3.8, 4) is 6.07 Å². The molecule has 1 fully saturated rings. The molecule has 0 aliphatic carbocycles. The number of nitriles is 1. The molecule has 0 spiro atoms. The van der Waals surface area contributed by atoms with Crippen LogP contribution in [0, 0.1) is 11.3 Å². The summed E-state index contributed by atoms with van der Waals surface area (Å²) in [5, 5.41) is 12.3. The number of pyridine rings is 2. The standard InChI is InChI=1S/C17H20N6/c1-22-7-9-23(10-8-22)16-5-4-14(12-20-16)13-21-17-15(11-18)3-2-6-19-17/h2-6,12H,7-10,13H2,1H3,(H,19,21). The van der Waals surface area contributed by atoms with Gasteiger partial charge in [-0.2, -0.15) is 5.26 Å². The Morgan fingerprint density at radius 3 is 2.70 bits per heavy atom. The van der Waals surface area contributed by atoms with Crippen molar-refractivity contribution >= 4 is 11.6 Å². The highest BCUT2D eigenvalue weighted by molar-refractivity contribution is 5.51. The lowest BCUT2D eigenvalue weighted by Crippen LogP contribution is -2.44. The van der Waals surface area contributed by atoms with Gasteiger partial charge in [-0.1, -0.05) is 6.07 Å². The zero-order valence-electron chi connectivity index (χ0n) is 13.2. The van der Waals surface area contributed by atoms with Gasteiger partial charge < -0.3 is 15.1 Å². The van der Waals surface area contributed by atoms with Gasteiger partial charge in [0.15, 0.2) is 0 Å². The summed E-state index contributed by atoms with van der Waals surface area (Å²) in [6.45, 7) is 4.77. The SMILES string of the molecule is CN1CCN(c2ccc(CNc3ncccc3C#N)cn2)CC1. The molecule has 118 valence electrons. The quantitative estimate of drug-likeness (QED) is 0.927. The third-order valence-corrected chi connectivity index (χ3v) is 4.02.